The van der Waals surface area contributed by atoms with Crippen molar-refractivity contribution in [2.45, 2.75) is 83.8 Å². The second-order valence-electron chi connectivity index (χ2n) is 11.4. The van der Waals surface area contributed by atoms with E-state index in [1.807, 2.05) is 6.92 Å². The molecule has 156 valence electrons. The summed E-state index contributed by atoms with van der Waals surface area (Å²) in [5.41, 5.74) is -1.20. The molecule has 4 fully saturated rings. The summed E-state index contributed by atoms with van der Waals surface area (Å²) in [6.07, 6.45) is 6.97. The first-order valence-corrected chi connectivity index (χ1v) is 11.2. The standard InChI is InChI=1S/C23H40O4/c1-20(2)14-26-12-11-23(25)16(13-27-15-20)5-6-17-18-8-10-22(4,24)21(18,3)9-7-19(17)23/h16-19,24-25H,5-15H2,1-4H3/t16?,17?,18?,19?,21-,22-,23-/m0/s1. The van der Waals surface area contributed by atoms with E-state index >= 15 is 0 Å². The van der Waals surface area contributed by atoms with Gasteiger partial charge in [-0.05, 0) is 68.6 Å². The highest BCUT2D eigenvalue weighted by Gasteiger charge is 2.63. The lowest BCUT2D eigenvalue weighted by Gasteiger charge is -2.59. The van der Waals surface area contributed by atoms with Gasteiger partial charge in [0.2, 0.25) is 0 Å². The smallest absolute Gasteiger partial charge is 0.0750 e. The van der Waals surface area contributed by atoms with Gasteiger partial charge in [0, 0.05) is 24.4 Å². The van der Waals surface area contributed by atoms with E-state index < -0.39 is 11.2 Å². The van der Waals surface area contributed by atoms with Crippen molar-refractivity contribution in [2.24, 2.45) is 34.5 Å². The number of aliphatic hydroxyl groups is 2. The topological polar surface area (TPSA) is 58.9 Å². The highest BCUT2D eigenvalue weighted by Crippen LogP contribution is 2.65. The van der Waals surface area contributed by atoms with Gasteiger partial charge in [-0.1, -0.05) is 20.8 Å². The molecule has 27 heavy (non-hydrogen) atoms. The number of fused-ring (bicyclic) bond motifs is 5. The Morgan fingerprint density at radius 1 is 0.778 bits per heavy atom. The van der Waals surface area contributed by atoms with E-state index in [0.29, 0.717) is 44.2 Å². The van der Waals surface area contributed by atoms with Gasteiger partial charge in [0.15, 0.2) is 0 Å². The monoisotopic (exact) mass is 380 g/mol. The van der Waals surface area contributed by atoms with Gasteiger partial charge in [0.05, 0.1) is 31.0 Å². The largest absolute Gasteiger partial charge is 0.390 e. The van der Waals surface area contributed by atoms with Crippen molar-refractivity contribution in [1.82, 2.24) is 0 Å². The van der Waals surface area contributed by atoms with Gasteiger partial charge >= 0.3 is 0 Å². The van der Waals surface area contributed by atoms with Crippen LogP contribution in [0.25, 0.3) is 0 Å². The molecular formula is C23H40O4. The molecule has 2 N–H and O–H groups in total. The number of ether oxygens (including phenoxy) is 2. The van der Waals surface area contributed by atoms with Gasteiger partial charge in [-0.3, -0.25) is 0 Å². The Morgan fingerprint density at radius 3 is 2.26 bits per heavy atom. The second kappa shape index (κ2) is 6.68. The molecule has 0 spiro atoms. The molecule has 4 nitrogen and oxygen atoms in total. The highest BCUT2D eigenvalue weighted by atomic mass is 16.5. The van der Waals surface area contributed by atoms with Crippen LogP contribution in [-0.4, -0.2) is 47.8 Å². The van der Waals surface area contributed by atoms with Crippen molar-refractivity contribution in [2.75, 3.05) is 26.4 Å². The minimum atomic E-state index is -0.680. The van der Waals surface area contributed by atoms with Crippen molar-refractivity contribution in [3.05, 3.63) is 0 Å². The van der Waals surface area contributed by atoms with Gasteiger partial charge < -0.3 is 19.7 Å². The summed E-state index contributed by atoms with van der Waals surface area (Å²) in [6.45, 7) is 11.4. The Labute approximate surface area is 165 Å². The van der Waals surface area contributed by atoms with E-state index in [2.05, 4.69) is 20.8 Å². The molecule has 0 aromatic carbocycles. The maximum Gasteiger partial charge on any atom is 0.0750 e. The lowest BCUT2D eigenvalue weighted by atomic mass is 9.49. The van der Waals surface area contributed by atoms with Gasteiger partial charge in [-0.25, -0.2) is 0 Å². The average Bonchev–Trinajstić information content (AvgIpc) is 2.83. The first kappa shape index (κ1) is 20.1. The third kappa shape index (κ3) is 3.19. The van der Waals surface area contributed by atoms with Gasteiger partial charge in [-0.2, -0.15) is 0 Å². The van der Waals surface area contributed by atoms with Crippen LogP contribution in [0, 0.1) is 34.5 Å². The molecule has 3 saturated carbocycles. The van der Waals surface area contributed by atoms with Gasteiger partial charge in [0.25, 0.3) is 0 Å². The zero-order valence-corrected chi connectivity index (χ0v) is 17.8. The van der Waals surface area contributed by atoms with Crippen molar-refractivity contribution in [1.29, 1.82) is 0 Å². The lowest BCUT2D eigenvalue weighted by Crippen LogP contribution is -2.60. The van der Waals surface area contributed by atoms with E-state index in [1.54, 1.807) is 0 Å². The fourth-order valence-corrected chi connectivity index (χ4v) is 7.22. The Kier molecular flexibility index (Phi) is 4.98. The molecule has 0 aromatic rings. The van der Waals surface area contributed by atoms with Crippen molar-refractivity contribution >= 4 is 0 Å². The molecule has 1 saturated heterocycles. The van der Waals surface area contributed by atoms with E-state index in [-0.39, 0.29) is 16.7 Å². The minimum absolute atomic E-state index is 0.00434. The van der Waals surface area contributed by atoms with Crippen LogP contribution in [0.5, 0.6) is 0 Å². The minimum Gasteiger partial charge on any atom is -0.390 e. The first-order valence-electron chi connectivity index (χ1n) is 11.2. The summed E-state index contributed by atoms with van der Waals surface area (Å²) in [5.74, 6) is 1.59. The maximum absolute atomic E-state index is 11.9. The van der Waals surface area contributed by atoms with E-state index in [9.17, 15) is 10.2 Å². The molecule has 0 amide bonds. The van der Waals surface area contributed by atoms with Crippen LogP contribution in [0.2, 0.25) is 0 Å². The van der Waals surface area contributed by atoms with Crippen LogP contribution < -0.4 is 0 Å². The third-order valence-corrected chi connectivity index (χ3v) is 9.15. The number of hydrogen-bond acceptors (Lipinski definition) is 4. The highest BCUT2D eigenvalue weighted by molar-refractivity contribution is 5.13. The quantitative estimate of drug-likeness (QED) is 0.671. The summed E-state index contributed by atoms with van der Waals surface area (Å²) in [7, 11) is 0. The van der Waals surface area contributed by atoms with E-state index in [0.717, 1.165) is 38.5 Å². The van der Waals surface area contributed by atoms with Crippen LogP contribution in [0.1, 0.15) is 72.6 Å². The normalized spacial score (nSPS) is 53.1. The summed E-state index contributed by atoms with van der Waals surface area (Å²) < 4.78 is 12.1. The Morgan fingerprint density at radius 2 is 1.48 bits per heavy atom. The predicted octanol–water partition coefficient (Wildman–Crippen LogP) is 3.78. The Hall–Kier alpha value is -0.160. The van der Waals surface area contributed by atoms with E-state index in [1.165, 1.54) is 6.42 Å². The molecular weight excluding hydrogens is 340 g/mol. The summed E-state index contributed by atoms with van der Waals surface area (Å²) in [4.78, 5) is 0. The second-order valence-corrected chi connectivity index (χ2v) is 11.4. The summed E-state index contributed by atoms with van der Waals surface area (Å²) in [6, 6.07) is 0. The van der Waals surface area contributed by atoms with E-state index in [4.69, 9.17) is 9.47 Å². The van der Waals surface area contributed by atoms with Gasteiger partial charge in [0.1, 0.15) is 0 Å². The number of rotatable bonds is 0. The molecule has 4 unspecified atom stereocenters. The van der Waals surface area contributed by atoms with Crippen LogP contribution in [0.3, 0.4) is 0 Å². The zero-order valence-electron chi connectivity index (χ0n) is 17.8. The molecule has 4 aliphatic rings. The summed E-state index contributed by atoms with van der Waals surface area (Å²) in [5, 5.41) is 23.0. The fourth-order valence-electron chi connectivity index (χ4n) is 7.22. The van der Waals surface area contributed by atoms with Crippen LogP contribution in [0.15, 0.2) is 0 Å². The molecule has 0 bridgehead atoms. The molecule has 0 radical (unpaired) electrons. The lowest BCUT2D eigenvalue weighted by molar-refractivity contribution is -0.201. The molecule has 3 aliphatic carbocycles. The third-order valence-electron chi connectivity index (χ3n) is 9.15. The molecule has 7 atom stereocenters. The van der Waals surface area contributed by atoms with Gasteiger partial charge in [-0.15, -0.1) is 0 Å². The van der Waals surface area contributed by atoms with Crippen molar-refractivity contribution < 1.29 is 19.7 Å². The zero-order chi connectivity index (χ0) is 19.5. The van der Waals surface area contributed by atoms with Crippen LogP contribution >= 0.6 is 0 Å². The van der Waals surface area contributed by atoms with Crippen molar-refractivity contribution in [3.8, 4) is 0 Å². The fraction of sp³-hybridized carbons (Fsp3) is 1.00. The summed E-state index contributed by atoms with van der Waals surface area (Å²) >= 11 is 0. The molecule has 4 heteroatoms. The molecule has 4 rings (SSSR count). The maximum atomic E-state index is 11.9. The van der Waals surface area contributed by atoms with Crippen LogP contribution in [-0.2, 0) is 9.47 Å². The van der Waals surface area contributed by atoms with Crippen LogP contribution in [0.4, 0.5) is 0 Å². The first-order chi connectivity index (χ1) is 12.6. The number of hydrogen-bond donors (Lipinski definition) is 2. The molecule has 0 aromatic heterocycles. The average molecular weight is 381 g/mol. The van der Waals surface area contributed by atoms with Crippen molar-refractivity contribution in [3.63, 3.8) is 0 Å². The predicted molar refractivity (Wildman–Crippen MR) is 105 cm³/mol. The Bertz CT molecular complexity index is 559. The molecule has 1 heterocycles. The Balaban J connectivity index is 1.56. The molecule has 1 aliphatic heterocycles. The SMILES string of the molecule is CC1(C)COCC[C@]2(O)C(CCC3C2CC[C@@]2(C)C3CC[C@]2(C)O)COC1.